The van der Waals surface area contributed by atoms with Crippen LogP contribution in [-0.4, -0.2) is 125 Å². The zero-order valence-corrected chi connectivity index (χ0v) is 53.6. The summed E-state index contributed by atoms with van der Waals surface area (Å²) in [4.78, 5) is 49.7. The average molecular weight is 1330 g/mol. The number of carbonyl (C=O) groups excluding carboxylic acids is 3. The van der Waals surface area contributed by atoms with Gasteiger partial charge in [0, 0.05) is 71.9 Å². The summed E-state index contributed by atoms with van der Waals surface area (Å²) in [5.41, 5.74) is 1.54. The Labute approximate surface area is 519 Å². The highest BCUT2D eigenvalue weighted by Gasteiger charge is 2.45. The lowest BCUT2D eigenvalue weighted by molar-refractivity contribution is -0.137. The number of carboxylic acid groups (broad SMARTS) is 1. The number of anilines is 1. The van der Waals surface area contributed by atoms with Crippen LogP contribution in [0.5, 0.6) is 0 Å². The summed E-state index contributed by atoms with van der Waals surface area (Å²) < 4.78 is 178. The third-order valence-electron chi connectivity index (χ3n) is 16.6. The van der Waals surface area contributed by atoms with E-state index in [1.165, 1.54) is 12.1 Å². The van der Waals surface area contributed by atoms with Crippen LogP contribution >= 0.6 is 0 Å². The van der Waals surface area contributed by atoms with Gasteiger partial charge in [-0.05, 0) is 153 Å². The number of carboxylic acids is 1. The maximum atomic E-state index is 13.5. The molecule has 9 N–H and O–H groups in total. The fourth-order valence-electron chi connectivity index (χ4n) is 12.5. The zero-order valence-electron chi connectivity index (χ0n) is 49.5. The Hall–Kier alpha value is -6.41. The van der Waals surface area contributed by atoms with Gasteiger partial charge in [-0.25, -0.2) is 0 Å². The number of unbranched alkanes of at least 4 members (excludes halogenated alkanes) is 2. The van der Waals surface area contributed by atoms with E-state index < -0.39 is 105 Å². The molecule has 0 saturated heterocycles. The molecule has 2 atom stereocenters. The van der Waals surface area contributed by atoms with E-state index in [2.05, 4.69) is 16.0 Å². The van der Waals surface area contributed by atoms with Crippen molar-refractivity contribution in [2.45, 2.75) is 173 Å². The lowest BCUT2D eigenvalue weighted by Crippen LogP contribution is -2.47. The van der Waals surface area contributed by atoms with Crippen LogP contribution in [0.4, 0.5) is 5.69 Å². The van der Waals surface area contributed by atoms with Crippen molar-refractivity contribution >= 4 is 107 Å². The van der Waals surface area contributed by atoms with E-state index in [9.17, 15) is 84.0 Å². The van der Waals surface area contributed by atoms with Crippen molar-refractivity contribution < 1.29 is 89.1 Å². The number of nitrogens with one attached hydrogen (secondary N) is 3. The Morgan fingerprint density at radius 1 is 0.629 bits per heavy atom. The summed E-state index contributed by atoms with van der Waals surface area (Å²) in [5, 5.41) is 17.6. The van der Waals surface area contributed by atoms with Crippen LogP contribution in [0.2, 0.25) is 0 Å². The molecule has 0 aromatic heterocycles. The van der Waals surface area contributed by atoms with E-state index in [4.69, 9.17) is 5.11 Å². The van der Waals surface area contributed by atoms with Gasteiger partial charge in [0.15, 0.2) is 0 Å². The molecule has 2 unspecified atom stereocenters. The minimum Gasteiger partial charge on any atom is -0.481 e. The fraction of sp³-hybridized carbons (Fsp3) is 0.467. The first kappa shape index (κ1) is 70.1. The molecule has 3 aliphatic rings. The topological polar surface area (TPSA) is 400 Å². The van der Waals surface area contributed by atoms with Gasteiger partial charge in [-0.15, -0.1) is 0 Å². The molecule has 89 heavy (non-hydrogen) atoms. The number of nitrogens with zero attached hydrogens (tertiary/aromatic N) is 1. The molecule has 4 aromatic carbocycles. The van der Waals surface area contributed by atoms with Crippen LogP contribution in [0.3, 0.4) is 0 Å². The summed E-state index contributed by atoms with van der Waals surface area (Å²) in [6.07, 6.45) is 14.6. The largest absolute Gasteiger partial charge is 0.481 e. The summed E-state index contributed by atoms with van der Waals surface area (Å²) >= 11 is 0. The number of rotatable bonds is 15. The van der Waals surface area contributed by atoms with Gasteiger partial charge in [0.25, 0.3) is 50.6 Å². The first-order valence-corrected chi connectivity index (χ1v) is 36.6. The number of fused-ring (bicyclic) bond motifs is 9. The van der Waals surface area contributed by atoms with Gasteiger partial charge >= 0.3 is 5.97 Å². The van der Waals surface area contributed by atoms with Crippen LogP contribution in [0, 0.1) is 0 Å². The molecule has 0 spiro atoms. The Bertz CT molecular complexity index is 4160. The van der Waals surface area contributed by atoms with Crippen molar-refractivity contribution in [2.24, 2.45) is 0 Å². The monoisotopic (exact) mass is 1330 g/mol. The molecule has 0 fully saturated rings. The molecule has 4 aromatic rings. The van der Waals surface area contributed by atoms with Gasteiger partial charge in [0.2, 0.25) is 17.7 Å². The molecule has 0 radical (unpaired) electrons. The van der Waals surface area contributed by atoms with E-state index in [0.29, 0.717) is 123 Å². The van der Waals surface area contributed by atoms with Crippen LogP contribution < -0.4 is 20.9 Å². The fourth-order valence-corrected chi connectivity index (χ4v) is 15.6. The van der Waals surface area contributed by atoms with Crippen molar-refractivity contribution in [2.75, 3.05) is 30.3 Å². The number of carbonyl (C=O) groups is 4. The molecule has 1 aliphatic carbocycles. The number of allylic oxidation sites excluding steroid dienone is 8. The normalized spacial score (nSPS) is 21.2. The van der Waals surface area contributed by atoms with Crippen LogP contribution in [0.25, 0.3) is 27.1 Å². The van der Waals surface area contributed by atoms with Gasteiger partial charge in [-0.3, -0.25) is 41.9 Å². The molecule has 24 nitrogen and oxygen atoms in total. The summed E-state index contributed by atoms with van der Waals surface area (Å²) in [7, 11) is -24.8. The highest BCUT2D eigenvalue weighted by molar-refractivity contribution is 7.87. The molecule has 3 amide bonds. The molecular weight excluding hydrogens is 1260 g/mol. The van der Waals surface area contributed by atoms with E-state index >= 15 is 0 Å². The molecule has 486 valence electrons. The second-order valence-electron chi connectivity index (χ2n) is 23.4. The standard InChI is InChI=1S/C60H76N4O20S5/c1-59(2)47-20-9-5-10-22-52-60(3,57-46-36-40(87(76,77)78)38-51(89(82,83)84)43(46)28-29-49(57)64(52)33-18-34-85(70,71)72)30-15-6-12-23-53(65)61-31-17-14-21-48(58(69)62-32-16-7-13-25-55(67)68)63-54(66)24-11-4-8-19-41(47)44-27-26-42-45(56(44)59)35-39(86(73,74)75)37-50(42)88(79,80)81/h5,9-10,20,22,26-29,35-38,48H,4,6-8,11-19,21,23-25,30-34H2,1-3H3,(H,61,65)(H,62,69)(H,63,66)(H,67,68)(H,70,71,72)(H,73,74,75)(H,76,77,78)(H,79,80,81)(H,82,83,84)/b10-5+,20-9+,52-22-. The number of benzene rings is 4. The Balaban J connectivity index is 1.33. The molecule has 0 saturated carbocycles. The van der Waals surface area contributed by atoms with Crippen molar-refractivity contribution in [1.29, 1.82) is 0 Å². The maximum Gasteiger partial charge on any atom is 0.303 e. The van der Waals surface area contributed by atoms with Gasteiger partial charge in [-0.1, -0.05) is 82.0 Å². The number of hydrogen-bond donors (Lipinski definition) is 9. The average Bonchev–Trinajstić information content (AvgIpc) is 1.63. The Morgan fingerprint density at radius 3 is 1.83 bits per heavy atom. The van der Waals surface area contributed by atoms with Gasteiger partial charge in [0.1, 0.15) is 15.8 Å². The predicted octanol–water partition coefficient (Wildman–Crippen LogP) is 8.52. The van der Waals surface area contributed by atoms with Crippen molar-refractivity contribution in [3.8, 4) is 0 Å². The molecule has 29 heteroatoms. The quantitative estimate of drug-likeness (QED) is 0.0397. The summed E-state index contributed by atoms with van der Waals surface area (Å²) in [6, 6.07) is 8.63. The van der Waals surface area contributed by atoms with E-state index in [1.807, 2.05) is 20.8 Å². The van der Waals surface area contributed by atoms with Crippen molar-refractivity contribution in [1.82, 2.24) is 16.0 Å². The van der Waals surface area contributed by atoms with Crippen LogP contribution in [0.1, 0.15) is 153 Å². The highest BCUT2D eigenvalue weighted by Crippen LogP contribution is 2.55. The van der Waals surface area contributed by atoms with E-state index in [0.717, 1.165) is 17.7 Å². The maximum absolute atomic E-state index is 13.5. The first-order valence-electron chi connectivity index (χ1n) is 29.2. The SMILES string of the molecule is CC1(C)C2=C(CCCCCC(=O)NC(C(=O)NCCCCCC(=O)O)CCCCNC(=O)CCCCCC3(C)/C(=C/C=C/C=C/2)N(CCCS(=O)(=O)O)c2ccc4c(S(=O)(=O)O)cc(S(=O)(=O)O)cc4c23)c2ccc3c(S(=O)(=O)O)cc(S(=O)(=O)O)cc3c21. The molecular formula is C60H76N4O20S5. The first-order chi connectivity index (χ1) is 41.5. The zero-order chi connectivity index (χ0) is 65.5. The minimum atomic E-state index is -5.15. The smallest absolute Gasteiger partial charge is 0.303 e. The van der Waals surface area contributed by atoms with E-state index in [-0.39, 0.29) is 91.5 Å². The van der Waals surface area contributed by atoms with Crippen molar-refractivity contribution in [3.63, 3.8) is 0 Å². The highest BCUT2D eigenvalue weighted by atomic mass is 32.2. The molecule has 0 bridgehead atoms. The Morgan fingerprint density at radius 2 is 1.22 bits per heavy atom. The molecule has 2 heterocycles. The lowest BCUT2D eigenvalue weighted by atomic mass is 9.75. The molecule has 7 rings (SSSR count). The van der Waals surface area contributed by atoms with Gasteiger partial charge in [-0.2, -0.15) is 42.1 Å². The second kappa shape index (κ2) is 28.4. The third kappa shape index (κ3) is 17.4. The summed E-state index contributed by atoms with van der Waals surface area (Å²) in [5.74, 6) is -2.61. The van der Waals surface area contributed by atoms with E-state index in [1.54, 1.807) is 47.4 Å². The Kier molecular flexibility index (Phi) is 22.4. The van der Waals surface area contributed by atoms with Crippen molar-refractivity contribution in [3.05, 3.63) is 107 Å². The third-order valence-corrected chi connectivity index (χ3v) is 20.9. The minimum absolute atomic E-state index is 0.00350. The van der Waals surface area contributed by atoms with Gasteiger partial charge in [0.05, 0.1) is 15.5 Å². The second-order valence-corrected chi connectivity index (χ2v) is 30.6. The molecule has 2 aliphatic heterocycles. The summed E-state index contributed by atoms with van der Waals surface area (Å²) in [6.45, 7) is 5.95. The van der Waals surface area contributed by atoms with Crippen LogP contribution in [-0.2, 0) is 80.6 Å². The number of amides is 3. The van der Waals surface area contributed by atoms with Gasteiger partial charge < -0.3 is 26.0 Å². The number of aliphatic carboxylic acids is 1. The van der Waals surface area contributed by atoms with Crippen LogP contribution in [0.15, 0.2) is 110 Å². The predicted molar refractivity (Wildman–Crippen MR) is 333 cm³/mol. The number of hydrogen-bond acceptors (Lipinski definition) is 15. The lowest BCUT2D eigenvalue weighted by Gasteiger charge is -2.31.